The van der Waals surface area contributed by atoms with Crippen LogP contribution in [0.3, 0.4) is 0 Å². The molecular weight excluding hydrogens is 420 g/mol. The fourth-order valence-electron chi connectivity index (χ4n) is 4.49. The molecule has 1 amide bonds. The number of nitrogens with one attached hydrogen (secondary N) is 1. The van der Waals surface area contributed by atoms with Crippen LogP contribution in [0.25, 0.3) is 0 Å². The number of likely N-dealkylation sites (tertiary alicyclic amines) is 1. The molecule has 12 heteroatoms. The molecule has 0 bridgehead atoms. The lowest BCUT2D eigenvalue weighted by Crippen LogP contribution is -2.67. The molecule has 2 fully saturated rings. The number of carbonyl (C=O) groups excluding carboxylic acids is 1. The molecular formula is C18H34N2O9S. The number of likely N-dealkylation sites (N-methyl/N-ethyl adjacent to an activating group) is 1. The van der Waals surface area contributed by atoms with Gasteiger partial charge in [0, 0.05) is 18.6 Å². The molecule has 2 aliphatic rings. The van der Waals surface area contributed by atoms with E-state index >= 15 is 0 Å². The zero-order chi connectivity index (χ0) is 23.0. The third-order valence-electron chi connectivity index (χ3n) is 6.05. The molecule has 0 radical (unpaired) electrons. The molecule has 0 aliphatic carbocycles. The number of carbonyl (C=O) groups is 1. The molecule has 2 saturated heterocycles. The largest absolute Gasteiger partial charge is 0.632 e. The molecule has 0 spiro atoms. The van der Waals surface area contributed by atoms with Gasteiger partial charge in [-0.2, -0.15) is 0 Å². The molecule has 0 saturated carbocycles. The second kappa shape index (κ2) is 9.33. The predicted octanol–water partition coefficient (Wildman–Crippen LogP) is -2.16. The molecule has 2 aliphatic heterocycles. The number of amides is 1. The highest BCUT2D eigenvalue weighted by Gasteiger charge is 2.52. The smallest absolute Gasteiger partial charge is 0.279 e. The van der Waals surface area contributed by atoms with Crippen LogP contribution < -0.4 is 5.32 Å². The molecule has 30 heavy (non-hydrogen) atoms. The van der Waals surface area contributed by atoms with Gasteiger partial charge in [-0.15, -0.1) is 0 Å². The molecule has 0 aromatic rings. The van der Waals surface area contributed by atoms with Crippen LogP contribution in [0, 0.1) is 11.1 Å². The first-order valence-corrected chi connectivity index (χ1v) is 12.1. The fraction of sp³-hybridized carbons (Fsp3) is 0.944. The zero-order valence-electron chi connectivity index (χ0n) is 17.7. The van der Waals surface area contributed by atoms with Crippen LogP contribution >= 0.6 is 0 Å². The number of nitrogens with zero attached hydrogens (tertiary/aromatic N) is 1. The lowest BCUT2D eigenvalue weighted by Gasteiger charge is -2.44. The van der Waals surface area contributed by atoms with E-state index in [1.165, 1.54) is 14.0 Å². The van der Waals surface area contributed by atoms with Crippen molar-refractivity contribution in [1.82, 2.24) is 5.32 Å². The number of hydroxylamine groups is 3. The highest BCUT2D eigenvalue weighted by Crippen LogP contribution is 2.32. The third-order valence-corrected chi connectivity index (χ3v) is 7.28. The Morgan fingerprint density at radius 1 is 1.27 bits per heavy atom. The minimum atomic E-state index is -3.99. The van der Waals surface area contributed by atoms with Gasteiger partial charge in [0.05, 0.1) is 25.7 Å². The lowest BCUT2D eigenvalue weighted by molar-refractivity contribution is -0.865. The number of aliphatic hydroxyl groups is 4. The quantitative estimate of drug-likeness (QED) is 0.212. The van der Waals surface area contributed by atoms with Crippen molar-refractivity contribution in [3.8, 4) is 0 Å². The summed E-state index contributed by atoms with van der Waals surface area (Å²) in [5.74, 6) is -0.564. The Balaban J connectivity index is 2.23. The maximum atomic E-state index is 12.9. The van der Waals surface area contributed by atoms with E-state index in [9.17, 15) is 38.8 Å². The highest BCUT2D eigenvalue weighted by molar-refractivity contribution is 7.91. The molecule has 0 aromatic heterocycles. The molecule has 10 atom stereocenters. The molecule has 2 rings (SSSR count). The van der Waals surface area contributed by atoms with Crippen molar-refractivity contribution in [3.63, 3.8) is 0 Å². The van der Waals surface area contributed by atoms with Gasteiger partial charge in [0.1, 0.15) is 24.4 Å². The summed E-state index contributed by atoms with van der Waals surface area (Å²) in [5.41, 5.74) is -1.85. The van der Waals surface area contributed by atoms with Crippen LogP contribution in [0.1, 0.15) is 33.1 Å². The Bertz CT molecular complexity index is 714. The Morgan fingerprint density at radius 3 is 2.37 bits per heavy atom. The van der Waals surface area contributed by atoms with Gasteiger partial charge >= 0.3 is 0 Å². The maximum Gasteiger partial charge on any atom is 0.279 e. The topological polar surface area (TPSA) is 176 Å². The van der Waals surface area contributed by atoms with Crippen LogP contribution in [-0.2, 0) is 19.4 Å². The minimum Gasteiger partial charge on any atom is -0.632 e. The van der Waals surface area contributed by atoms with Gasteiger partial charge in [-0.05, 0) is 13.3 Å². The number of quaternary nitrogens is 1. The number of sulfone groups is 1. The van der Waals surface area contributed by atoms with Crippen molar-refractivity contribution in [2.45, 2.75) is 81.1 Å². The van der Waals surface area contributed by atoms with Crippen molar-refractivity contribution in [2.24, 2.45) is 5.92 Å². The van der Waals surface area contributed by atoms with E-state index in [1.54, 1.807) is 0 Å². The predicted molar refractivity (Wildman–Crippen MR) is 106 cm³/mol. The second-order valence-corrected chi connectivity index (χ2v) is 10.9. The Morgan fingerprint density at radius 2 is 1.87 bits per heavy atom. The van der Waals surface area contributed by atoms with E-state index < -0.39 is 68.4 Å². The van der Waals surface area contributed by atoms with Crippen LogP contribution in [0.2, 0.25) is 0 Å². The first-order valence-electron chi connectivity index (χ1n) is 10.1. The van der Waals surface area contributed by atoms with Gasteiger partial charge in [0.2, 0.25) is 0 Å². The van der Waals surface area contributed by atoms with Crippen molar-refractivity contribution >= 4 is 15.7 Å². The van der Waals surface area contributed by atoms with Gasteiger partial charge < -0.3 is 40.3 Å². The normalized spacial score (nSPS) is 42.0. The standard InChI is InChI=1S/C18H34N2O9S/c1-5-6-10-7-11(20(3,26)8-10)17(25)19-12(9(2)21)16-14(23)13(22)15(24)18(29-16)30(4,27)28/h9-16,18,21-24H,5-8H2,1-4H3,(H,19,25)/t9?,10-,11+,12-,13+,14+,15-,16-,18-,20+/m1/s1. The van der Waals surface area contributed by atoms with Crippen molar-refractivity contribution in [3.05, 3.63) is 5.21 Å². The van der Waals surface area contributed by atoms with Gasteiger partial charge in [0.25, 0.3) is 5.91 Å². The summed E-state index contributed by atoms with van der Waals surface area (Å²) in [5, 5.41) is 56.0. The summed E-state index contributed by atoms with van der Waals surface area (Å²) in [6.45, 7) is 3.58. The summed E-state index contributed by atoms with van der Waals surface area (Å²) >= 11 is 0. The molecule has 176 valence electrons. The number of rotatable bonds is 7. The summed E-state index contributed by atoms with van der Waals surface area (Å²) in [7, 11) is -2.58. The average molecular weight is 455 g/mol. The second-order valence-electron chi connectivity index (χ2n) is 8.81. The van der Waals surface area contributed by atoms with Gasteiger partial charge in [-0.3, -0.25) is 4.79 Å². The Hall–Kier alpha value is -0.860. The Labute approximate surface area is 176 Å². The lowest BCUT2D eigenvalue weighted by atomic mass is 9.92. The monoisotopic (exact) mass is 454 g/mol. The van der Waals surface area contributed by atoms with E-state index in [1.807, 2.05) is 6.92 Å². The van der Waals surface area contributed by atoms with Crippen molar-refractivity contribution in [1.29, 1.82) is 0 Å². The molecule has 2 heterocycles. The van der Waals surface area contributed by atoms with Gasteiger partial charge in [0.15, 0.2) is 21.3 Å². The first-order chi connectivity index (χ1) is 13.7. The fourth-order valence-corrected chi connectivity index (χ4v) is 5.49. The van der Waals surface area contributed by atoms with Gasteiger partial charge in [-0.1, -0.05) is 13.3 Å². The summed E-state index contributed by atoms with van der Waals surface area (Å²) in [6, 6.07) is -2.24. The highest BCUT2D eigenvalue weighted by atomic mass is 32.2. The van der Waals surface area contributed by atoms with E-state index in [2.05, 4.69) is 5.32 Å². The van der Waals surface area contributed by atoms with E-state index in [0.29, 0.717) is 6.42 Å². The van der Waals surface area contributed by atoms with Crippen molar-refractivity contribution in [2.75, 3.05) is 19.8 Å². The summed E-state index contributed by atoms with van der Waals surface area (Å²) in [4.78, 5) is 12.9. The average Bonchev–Trinajstić information content (AvgIpc) is 2.91. The van der Waals surface area contributed by atoms with Gasteiger partial charge in [-0.25, -0.2) is 8.42 Å². The van der Waals surface area contributed by atoms with E-state index in [-0.39, 0.29) is 12.5 Å². The third kappa shape index (κ3) is 5.30. The molecule has 5 N–H and O–H groups in total. The SMILES string of the molecule is CCC[C@@H]1C[C@@H](C(=O)N[C@H](C(C)O)[C@H]2O[C@H](S(C)(=O)=O)[C@H](O)[C@@H](O)[C@@H]2O)[N@@+](C)([O-])C1. The number of aliphatic hydroxyl groups excluding tert-OH is 4. The number of ether oxygens (including phenoxy) is 1. The molecule has 0 aromatic carbocycles. The zero-order valence-corrected chi connectivity index (χ0v) is 18.5. The maximum absolute atomic E-state index is 12.9. The number of hydrogen-bond donors (Lipinski definition) is 5. The summed E-state index contributed by atoms with van der Waals surface area (Å²) in [6.07, 6.45) is -5.53. The number of hydrogen-bond acceptors (Lipinski definition) is 9. The molecule has 11 nitrogen and oxygen atoms in total. The minimum absolute atomic E-state index is 0.0846. The molecule has 1 unspecified atom stereocenters. The van der Waals surface area contributed by atoms with Crippen LogP contribution in [0.15, 0.2) is 0 Å². The van der Waals surface area contributed by atoms with E-state index in [4.69, 9.17) is 4.74 Å². The van der Waals surface area contributed by atoms with Crippen molar-refractivity contribution < 1.29 is 43.0 Å². The van der Waals surface area contributed by atoms with Crippen LogP contribution in [0.4, 0.5) is 0 Å². The first kappa shape index (κ1) is 25.4. The Kier molecular flexibility index (Phi) is 7.90. The van der Waals surface area contributed by atoms with E-state index in [0.717, 1.165) is 19.1 Å². The van der Waals surface area contributed by atoms with Crippen LogP contribution in [-0.4, -0.2) is 107 Å². The van der Waals surface area contributed by atoms with Crippen LogP contribution in [0.5, 0.6) is 0 Å². The summed E-state index contributed by atoms with van der Waals surface area (Å²) < 4.78 is 28.4.